The van der Waals surface area contributed by atoms with Crippen LogP contribution in [-0.4, -0.2) is 32.8 Å². The predicted molar refractivity (Wildman–Crippen MR) is 80.0 cm³/mol. The van der Waals surface area contributed by atoms with E-state index in [1.165, 1.54) is 17.5 Å². The molecule has 0 spiro atoms. The minimum atomic E-state index is -0.0795. The Balaban J connectivity index is 1.76. The van der Waals surface area contributed by atoms with E-state index in [-0.39, 0.29) is 6.03 Å². The molecule has 0 aromatic heterocycles. The number of ether oxygens (including phenoxy) is 1. The van der Waals surface area contributed by atoms with Crippen LogP contribution in [0.2, 0.25) is 0 Å². The highest BCUT2D eigenvalue weighted by atomic mass is 16.5. The van der Waals surface area contributed by atoms with Crippen molar-refractivity contribution in [2.45, 2.75) is 31.6 Å². The van der Waals surface area contributed by atoms with Gasteiger partial charge in [-0.15, -0.1) is 0 Å². The molecule has 1 aliphatic carbocycles. The minimum Gasteiger partial charge on any atom is -0.385 e. The first-order valence-corrected chi connectivity index (χ1v) is 7.39. The number of benzene rings is 1. The molecule has 4 nitrogen and oxygen atoms in total. The second-order valence-electron chi connectivity index (χ2n) is 5.27. The molecule has 0 fully saturated rings. The Morgan fingerprint density at radius 3 is 3.05 bits per heavy atom. The van der Waals surface area contributed by atoms with Gasteiger partial charge in [-0.2, -0.15) is 0 Å². The van der Waals surface area contributed by atoms with Crippen LogP contribution in [0.5, 0.6) is 0 Å². The number of fused-ring (bicyclic) bond motifs is 1. The number of carbonyl (C=O) groups excluding carboxylic acids is 1. The van der Waals surface area contributed by atoms with Gasteiger partial charge in [-0.1, -0.05) is 24.3 Å². The Morgan fingerprint density at radius 2 is 2.20 bits per heavy atom. The van der Waals surface area contributed by atoms with Gasteiger partial charge in [0, 0.05) is 32.7 Å². The van der Waals surface area contributed by atoms with Gasteiger partial charge in [0.25, 0.3) is 0 Å². The third kappa shape index (κ3) is 4.23. The maximum atomic E-state index is 11.7. The van der Waals surface area contributed by atoms with Crippen molar-refractivity contribution in [3.8, 4) is 0 Å². The summed E-state index contributed by atoms with van der Waals surface area (Å²) in [5.41, 5.74) is 2.84. The fourth-order valence-corrected chi connectivity index (χ4v) is 2.76. The molecular formula is C16H24N2O2. The maximum Gasteiger partial charge on any atom is 0.314 e. The van der Waals surface area contributed by atoms with Gasteiger partial charge in [0.05, 0.1) is 0 Å². The summed E-state index contributed by atoms with van der Waals surface area (Å²) in [6.45, 7) is 2.05. The highest BCUT2D eigenvalue weighted by Gasteiger charge is 2.19. The molecule has 20 heavy (non-hydrogen) atoms. The quantitative estimate of drug-likeness (QED) is 0.784. The number of rotatable bonds is 6. The summed E-state index contributed by atoms with van der Waals surface area (Å²) in [5, 5.41) is 5.83. The minimum absolute atomic E-state index is 0.0795. The normalized spacial score (nSPS) is 17.4. The average Bonchev–Trinajstić information content (AvgIpc) is 2.49. The van der Waals surface area contributed by atoms with Gasteiger partial charge in [0.15, 0.2) is 0 Å². The first-order valence-electron chi connectivity index (χ1n) is 7.39. The van der Waals surface area contributed by atoms with Crippen molar-refractivity contribution in [1.82, 2.24) is 10.6 Å². The zero-order valence-corrected chi connectivity index (χ0v) is 12.2. The summed E-state index contributed by atoms with van der Waals surface area (Å²) in [4.78, 5) is 11.7. The van der Waals surface area contributed by atoms with E-state index in [1.807, 2.05) is 0 Å². The molecule has 0 heterocycles. The van der Waals surface area contributed by atoms with Crippen LogP contribution >= 0.6 is 0 Å². The number of hydrogen-bond acceptors (Lipinski definition) is 2. The van der Waals surface area contributed by atoms with E-state index < -0.39 is 0 Å². The van der Waals surface area contributed by atoms with E-state index in [9.17, 15) is 4.79 Å². The fraction of sp³-hybridized carbons (Fsp3) is 0.562. The zero-order chi connectivity index (χ0) is 14.2. The zero-order valence-electron chi connectivity index (χ0n) is 12.2. The van der Waals surface area contributed by atoms with Crippen LogP contribution < -0.4 is 10.6 Å². The van der Waals surface area contributed by atoms with E-state index in [0.717, 1.165) is 19.3 Å². The van der Waals surface area contributed by atoms with Gasteiger partial charge in [-0.3, -0.25) is 0 Å². The van der Waals surface area contributed by atoms with E-state index in [1.54, 1.807) is 7.11 Å². The summed E-state index contributed by atoms with van der Waals surface area (Å²) in [6.07, 6.45) is 4.37. The van der Waals surface area contributed by atoms with Crippen LogP contribution in [0.4, 0.5) is 4.79 Å². The molecule has 1 atom stereocenters. The van der Waals surface area contributed by atoms with Crippen LogP contribution in [-0.2, 0) is 11.2 Å². The lowest BCUT2D eigenvalue weighted by atomic mass is 9.83. The molecule has 2 N–H and O–H groups in total. The molecule has 0 bridgehead atoms. The largest absolute Gasteiger partial charge is 0.385 e. The molecule has 0 radical (unpaired) electrons. The number of urea groups is 1. The van der Waals surface area contributed by atoms with Crippen molar-refractivity contribution in [3.05, 3.63) is 35.4 Å². The van der Waals surface area contributed by atoms with Crippen LogP contribution in [0.25, 0.3) is 0 Å². The number of nitrogens with one attached hydrogen (secondary N) is 2. The van der Waals surface area contributed by atoms with Gasteiger partial charge in [0.1, 0.15) is 0 Å². The SMILES string of the molecule is COCCCNC(=O)NCC1CCCc2ccccc21. The molecule has 4 heteroatoms. The molecule has 110 valence electrons. The molecule has 0 aliphatic heterocycles. The smallest absolute Gasteiger partial charge is 0.314 e. The van der Waals surface area contributed by atoms with Gasteiger partial charge < -0.3 is 15.4 Å². The Kier molecular flexibility index (Phi) is 5.87. The second kappa shape index (κ2) is 7.90. The maximum absolute atomic E-state index is 11.7. The van der Waals surface area contributed by atoms with Crippen molar-refractivity contribution in [3.63, 3.8) is 0 Å². The Bertz CT molecular complexity index is 434. The fourth-order valence-electron chi connectivity index (χ4n) is 2.76. The van der Waals surface area contributed by atoms with E-state index >= 15 is 0 Å². The van der Waals surface area contributed by atoms with Gasteiger partial charge >= 0.3 is 6.03 Å². The Hall–Kier alpha value is -1.55. The van der Waals surface area contributed by atoms with Gasteiger partial charge in [-0.05, 0) is 36.8 Å². The number of hydrogen-bond donors (Lipinski definition) is 2. The topological polar surface area (TPSA) is 50.4 Å². The van der Waals surface area contributed by atoms with E-state index in [2.05, 4.69) is 34.9 Å². The van der Waals surface area contributed by atoms with Crippen molar-refractivity contribution < 1.29 is 9.53 Å². The van der Waals surface area contributed by atoms with Gasteiger partial charge in [-0.25, -0.2) is 4.79 Å². The molecule has 0 saturated heterocycles. The Labute approximate surface area is 120 Å². The number of aryl methyl sites for hydroxylation is 1. The van der Waals surface area contributed by atoms with E-state index in [4.69, 9.17) is 4.74 Å². The number of methoxy groups -OCH3 is 1. The van der Waals surface area contributed by atoms with Crippen LogP contribution in [0.15, 0.2) is 24.3 Å². The van der Waals surface area contributed by atoms with Crippen molar-refractivity contribution >= 4 is 6.03 Å². The molecule has 2 rings (SSSR count). The summed E-state index contributed by atoms with van der Waals surface area (Å²) in [5.74, 6) is 0.449. The first-order chi connectivity index (χ1) is 9.81. The van der Waals surface area contributed by atoms with Crippen molar-refractivity contribution in [2.75, 3.05) is 26.8 Å². The van der Waals surface area contributed by atoms with Crippen LogP contribution in [0, 0.1) is 0 Å². The number of carbonyl (C=O) groups is 1. The second-order valence-corrected chi connectivity index (χ2v) is 5.27. The van der Waals surface area contributed by atoms with E-state index in [0.29, 0.717) is 25.6 Å². The summed E-state index contributed by atoms with van der Waals surface area (Å²) in [7, 11) is 1.67. The summed E-state index contributed by atoms with van der Waals surface area (Å²) >= 11 is 0. The molecule has 0 saturated carbocycles. The average molecular weight is 276 g/mol. The highest BCUT2D eigenvalue weighted by Crippen LogP contribution is 2.30. The molecule has 1 unspecified atom stereocenters. The highest BCUT2D eigenvalue weighted by molar-refractivity contribution is 5.73. The third-order valence-corrected chi connectivity index (χ3v) is 3.81. The lowest BCUT2D eigenvalue weighted by Gasteiger charge is -2.25. The Morgan fingerprint density at radius 1 is 1.35 bits per heavy atom. The predicted octanol–water partition coefficient (Wildman–Crippen LogP) is 2.44. The monoisotopic (exact) mass is 276 g/mol. The summed E-state index contributed by atoms with van der Waals surface area (Å²) in [6, 6.07) is 8.49. The van der Waals surface area contributed by atoms with Crippen LogP contribution in [0.3, 0.4) is 0 Å². The van der Waals surface area contributed by atoms with Crippen molar-refractivity contribution in [2.24, 2.45) is 0 Å². The molecule has 1 aromatic rings. The number of amides is 2. The molecular weight excluding hydrogens is 252 g/mol. The summed E-state index contributed by atoms with van der Waals surface area (Å²) < 4.78 is 4.95. The molecule has 1 aliphatic rings. The van der Waals surface area contributed by atoms with Crippen LogP contribution in [0.1, 0.15) is 36.3 Å². The van der Waals surface area contributed by atoms with Gasteiger partial charge in [0.2, 0.25) is 0 Å². The molecule has 2 amide bonds. The lowest BCUT2D eigenvalue weighted by Crippen LogP contribution is -2.38. The first kappa shape index (κ1) is 14.9. The van der Waals surface area contributed by atoms with Crippen molar-refractivity contribution in [1.29, 1.82) is 0 Å². The standard InChI is InChI=1S/C16H24N2O2/c1-20-11-5-10-17-16(19)18-12-14-8-4-7-13-6-2-3-9-15(13)14/h2-3,6,9,14H,4-5,7-8,10-12H2,1H3,(H2,17,18,19). The third-order valence-electron chi connectivity index (χ3n) is 3.81. The lowest BCUT2D eigenvalue weighted by molar-refractivity contribution is 0.193. The molecule has 1 aromatic carbocycles.